The summed E-state index contributed by atoms with van der Waals surface area (Å²) in [5.41, 5.74) is 5.08. The number of nitrogens with two attached hydrogens (primary N) is 1. The highest BCUT2D eigenvalue weighted by Gasteiger charge is 2.45. The van der Waals surface area contributed by atoms with E-state index in [4.69, 9.17) is 5.73 Å². The first-order valence-electron chi connectivity index (χ1n) is 7.51. The summed E-state index contributed by atoms with van der Waals surface area (Å²) < 4.78 is 40.5. The molecule has 0 amide bonds. The van der Waals surface area contributed by atoms with E-state index in [-0.39, 0.29) is 43.4 Å². The minimum absolute atomic E-state index is 0. The average molecular weight is 380 g/mol. The molecule has 7 nitrogen and oxygen atoms in total. The monoisotopic (exact) mass is 379 g/mol. The number of hydrogen-bond acceptors (Lipinski definition) is 5. The molecule has 0 spiro atoms. The number of sulfonamides is 1. The van der Waals surface area contributed by atoms with Crippen molar-refractivity contribution in [3.8, 4) is 0 Å². The Hall–Kier alpha value is -1.29. The second-order valence-corrected chi connectivity index (χ2v) is 8.09. The topological polar surface area (TPSA) is 107 Å². The van der Waals surface area contributed by atoms with Gasteiger partial charge in [0, 0.05) is 19.1 Å². The highest BCUT2D eigenvalue weighted by Crippen LogP contribution is 2.39. The summed E-state index contributed by atoms with van der Waals surface area (Å²) in [6.45, 7) is 0.524. The molecule has 3 rings (SSSR count). The van der Waals surface area contributed by atoms with Crippen LogP contribution in [0.3, 0.4) is 0 Å². The van der Waals surface area contributed by atoms with E-state index in [2.05, 4.69) is 0 Å². The average Bonchev–Trinajstić information content (AvgIpc) is 2.93. The second-order valence-electron chi connectivity index (χ2n) is 6.18. The Bertz CT molecular complexity index is 746. The van der Waals surface area contributed by atoms with Gasteiger partial charge in [-0.3, -0.25) is 10.1 Å². The number of para-hydroxylation sites is 1. The third-order valence-corrected chi connectivity index (χ3v) is 6.73. The van der Waals surface area contributed by atoms with Crippen LogP contribution in [0.2, 0.25) is 0 Å². The molecule has 2 aliphatic rings. The fourth-order valence-electron chi connectivity index (χ4n) is 3.69. The summed E-state index contributed by atoms with van der Waals surface area (Å²) >= 11 is 0. The van der Waals surface area contributed by atoms with E-state index in [0.717, 1.165) is 31.4 Å². The van der Waals surface area contributed by atoms with E-state index in [1.54, 1.807) is 0 Å². The maximum Gasteiger partial charge on any atom is 0.324 e. The van der Waals surface area contributed by atoms with Crippen LogP contribution in [0.15, 0.2) is 23.1 Å². The minimum Gasteiger partial charge on any atom is -0.327 e. The summed E-state index contributed by atoms with van der Waals surface area (Å²) in [6.07, 6.45) is 2.71. The van der Waals surface area contributed by atoms with Crippen LogP contribution in [0.5, 0.6) is 0 Å². The van der Waals surface area contributed by atoms with Crippen LogP contribution >= 0.6 is 12.4 Å². The van der Waals surface area contributed by atoms with Crippen molar-refractivity contribution in [1.29, 1.82) is 0 Å². The lowest BCUT2D eigenvalue weighted by Crippen LogP contribution is -2.38. The van der Waals surface area contributed by atoms with Crippen molar-refractivity contribution in [3.05, 3.63) is 34.1 Å². The van der Waals surface area contributed by atoms with Crippen molar-refractivity contribution in [2.45, 2.75) is 30.2 Å². The molecular weight excluding hydrogens is 361 g/mol. The highest BCUT2D eigenvalue weighted by atomic mass is 35.5. The zero-order chi connectivity index (χ0) is 16.8. The second kappa shape index (κ2) is 6.91. The van der Waals surface area contributed by atoms with Gasteiger partial charge in [0.15, 0.2) is 4.90 Å². The third kappa shape index (κ3) is 3.13. The molecule has 0 radical (unpaired) electrons. The fourth-order valence-corrected chi connectivity index (χ4v) is 5.39. The molecule has 2 N–H and O–H groups in total. The molecule has 1 saturated carbocycles. The molecule has 1 aromatic carbocycles. The smallest absolute Gasteiger partial charge is 0.324 e. The van der Waals surface area contributed by atoms with Gasteiger partial charge in [-0.15, -0.1) is 12.4 Å². The number of fused-ring (bicyclic) bond motifs is 1. The zero-order valence-electron chi connectivity index (χ0n) is 12.8. The van der Waals surface area contributed by atoms with Gasteiger partial charge in [0.1, 0.15) is 0 Å². The maximum atomic E-state index is 13.7. The summed E-state index contributed by atoms with van der Waals surface area (Å²) in [5.74, 6) is -0.920. The zero-order valence-corrected chi connectivity index (χ0v) is 14.4. The first kappa shape index (κ1) is 19.0. The predicted octanol–water partition coefficient (Wildman–Crippen LogP) is 1.90. The molecule has 1 saturated heterocycles. The van der Waals surface area contributed by atoms with E-state index < -0.39 is 31.3 Å². The van der Waals surface area contributed by atoms with E-state index in [0.29, 0.717) is 0 Å². The van der Waals surface area contributed by atoms with Gasteiger partial charge in [0.2, 0.25) is 15.8 Å². The SMILES string of the molecule is Cl.NC1CCCC2CN(S(=O)(=O)c3cccc(F)c3[N+](=O)[O-])CC12. The molecule has 10 heteroatoms. The van der Waals surface area contributed by atoms with Crippen molar-refractivity contribution in [2.75, 3.05) is 13.1 Å². The number of halogens is 2. The van der Waals surface area contributed by atoms with Gasteiger partial charge in [0.25, 0.3) is 0 Å². The van der Waals surface area contributed by atoms with Crippen molar-refractivity contribution in [2.24, 2.45) is 17.6 Å². The van der Waals surface area contributed by atoms with Gasteiger partial charge >= 0.3 is 5.69 Å². The molecule has 1 aliphatic carbocycles. The van der Waals surface area contributed by atoms with Crippen LogP contribution in [-0.4, -0.2) is 36.8 Å². The van der Waals surface area contributed by atoms with Crippen LogP contribution in [0.4, 0.5) is 10.1 Å². The Labute approximate surface area is 145 Å². The summed E-state index contributed by atoms with van der Waals surface area (Å²) in [6, 6.07) is 3.08. The number of nitro groups is 1. The Morgan fingerprint density at radius 1 is 1.29 bits per heavy atom. The van der Waals surface area contributed by atoms with Gasteiger partial charge in [-0.25, -0.2) is 8.42 Å². The van der Waals surface area contributed by atoms with Crippen LogP contribution in [0.25, 0.3) is 0 Å². The molecule has 0 bridgehead atoms. The largest absolute Gasteiger partial charge is 0.327 e. The van der Waals surface area contributed by atoms with Crippen molar-refractivity contribution >= 4 is 28.1 Å². The number of rotatable bonds is 3. The van der Waals surface area contributed by atoms with Crippen LogP contribution < -0.4 is 5.73 Å². The summed E-state index contributed by atoms with van der Waals surface area (Å²) in [7, 11) is -4.12. The first-order chi connectivity index (χ1) is 10.8. The molecule has 3 atom stereocenters. The molecule has 1 aliphatic heterocycles. The Kier molecular flexibility index (Phi) is 5.48. The highest BCUT2D eigenvalue weighted by molar-refractivity contribution is 7.89. The molecule has 1 heterocycles. The summed E-state index contributed by atoms with van der Waals surface area (Å²) in [4.78, 5) is 9.49. The van der Waals surface area contributed by atoms with Gasteiger partial charge < -0.3 is 5.73 Å². The molecule has 24 heavy (non-hydrogen) atoms. The molecule has 0 aromatic heterocycles. The predicted molar refractivity (Wildman–Crippen MR) is 87.9 cm³/mol. The number of benzene rings is 1. The first-order valence-corrected chi connectivity index (χ1v) is 8.95. The van der Waals surface area contributed by atoms with Gasteiger partial charge in [0.05, 0.1) is 4.92 Å². The van der Waals surface area contributed by atoms with E-state index in [1.165, 1.54) is 10.4 Å². The lowest BCUT2D eigenvalue weighted by Gasteiger charge is -2.29. The van der Waals surface area contributed by atoms with Gasteiger partial charge in [-0.1, -0.05) is 12.5 Å². The number of nitrogens with zero attached hydrogens (tertiary/aromatic N) is 2. The lowest BCUT2D eigenvalue weighted by atomic mass is 9.78. The maximum absolute atomic E-state index is 13.7. The standard InChI is InChI=1S/C14H18FN3O4S.ClH/c15-11-4-2-6-13(14(11)18(19)20)23(21,22)17-7-9-3-1-5-12(16)10(9)8-17;/h2,4,6,9-10,12H,1,3,5,7-8,16H2;1H. The van der Waals surface area contributed by atoms with Gasteiger partial charge in [-0.2, -0.15) is 8.70 Å². The van der Waals surface area contributed by atoms with Crippen molar-refractivity contribution in [1.82, 2.24) is 4.31 Å². The minimum atomic E-state index is -4.12. The Balaban J connectivity index is 0.00000208. The normalized spacial score (nSPS) is 27.3. The molecular formula is C14H19ClFN3O4S. The fraction of sp³-hybridized carbons (Fsp3) is 0.571. The number of hydrogen-bond donors (Lipinski definition) is 1. The van der Waals surface area contributed by atoms with Crippen LogP contribution in [0, 0.1) is 27.8 Å². The molecule has 1 aromatic rings. The lowest BCUT2D eigenvalue weighted by molar-refractivity contribution is -0.390. The Morgan fingerprint density at radius 2 is 2.00 bits per heavy atom. The van der Waals surface area contributed by atoms with Crippen molar-refractivity contribution < 1.29 is 17.7 Å². The van der Waals surface area contributed by atoms with E-state index in [1.807, 2.05) is 0 Å². The third-order valence-electron chi connectivity index (χ3n) is 4.87. The van der Waals surface area contributed by atoms with E-state index >= 15 is 0 Å². The van der Waals surface area contributed by atoms with Crippen LogP contribution in [0.1, 0.15) is 19.3 Å². The molecule has 3 unspecified atom stereocenters. The molecule has 2 fully saturated rings. The van der Waals surface area contributed by atoms with Crippen molar-refractivity contribution in [3.63, 3.8) is 0 Å². The van der Waals surface area contributed by atoms with E-state index in [9.17, 15) is 22.9 Å². The summed E-state index contributed by atoms with van der Waals surface area (Å²) in [5, 5.41) is 11.1. The van der Waals surface area contributed by atoms with Gasteiger partial charge in [-0.05, 0) is 36.8 Å². The number of nitro benzene ring substituents is 1. The molecule has 134 valence electrons. The quantitative estimate of drug-likeness (QED) is 0.637. The van der Waals surface area contributed by atoms with Crippen LogP contribution in [-0.2, 0) is 10.0 Å². The Morgan fingerprint density at radius 3 is 2.62 bits per heavy atom.